The standard InChI is InChI=1S/C12H14N2O2S2/c1-9-7-8-12(17-9)18(15,16)14(2)11-6-4-3-5-10(11)13/h3-8H,13H2,1-2H3. The lowest BCUT2D eigenvalue weighted by Crippen LogP contribution is -2.26. The molecule has 0 atom stereocenters. The maximum atomic E-state index is 12.4. The number of aryl methyl sites for hydroxylation is 1. The molecule has 18 heavy (non-hydrogen) atoms. The molecule has 2 rings (SSSR count). The molecular formula is C12H14N2O2S2. The van der Waals surface area contributed by atoms with Crippen molar-refractivity contribution in [3.8, 4) is 0 Å². The maximum absolute atomic E-state index is 12.4. The minimum absolute atomic E-state index is 0.325. The van der Waals surface area contributed by atoms with E-state index in [9.17, 15) is 8.42 Å². The van der Waals surface area contributed by atoms with Crippen molar-refractivity contribution in [3.05, 3.63) is 41.3 Å². The zero-order valence-electron chi connectivity index (χ0n) is 10.1. The van der Waals surface area contributed by atoms with Gasteiger partial charge in [-0.25, -0.2) is 8.42 Å². The molecule has 0 radical (unpaired) electrons. The highest BCUT2D eigenvalue weighted by atomic mass is 32.2. The largest absolute Gasteiger partial charge is 0.397 e. The van der Waals surface area contributed by atoms with Crippen LogP contribution in [0.3, 0.4) is 0 Å². The molecule has 2 N–H and O–H groups in total. The van der Waals surface area contributed by atoms with E-state index in [1.807, 2.05) is 6.92 Å². The van der Waals surface area contributed by atoms with Gasteiger partial charge in [0.15, 0.2) is 0 Å². The molecule has 0 aliphatic heterocycles. The number of nitrogens with zero attached hydrogens (tertiary/aromatic N) is 1. The second-order valence-electron chi connectivity index (χ2n) is 3.90. The summed E-state index contributed by atoms with van der Waals surface area (Å²) < 4.78 is 26.3. The lowest BCUT2D eigenvalue weighted by atomic mass is 10.3. The van der Waals surface area contributed by atoms with Crippen molar-refractivity contribution < 1.29 is 8.42 Å². The molecule has 0 amide bonds. The number of benzene rings is 1. The Kier molecular flexibility index (Phi) is 3.32. The summed E-state index contributed by atoms with van der Waals surface area (Å²) in [4.78, 5) is 0.961. The topological polar surface area (TPSA) is 63.4 Å². The molecule has 96 valence electrons. The van der Waals surface area contributed by atoms with Crippen molar-refractivity contribution in [2.24, 2.45) is 0 Å². The minimum atomic E-state index is -3.52. The van der Waals surface area contributed by atoms with Crippen LogP contribution in [-0.4, -0.2) is 15.5 Å². The maximum Gasteiger partial charge on any atom is 0.273 e. The van der Waals surface area contributed by atoms with Crippen LogP contribution in [0, 0.1) is 6.92 Å². The Labute approximate surface area is 111 Å². The van der Waals surface area contributed by atoms with Crippen LogP contribution in [0.1, 0.15) is 4.88 Å². The van der Waals surface area contributed by atoms with Gasteiger partial charge in [-0.2, -0.15) is 0 Å². The van der Waals surface area contributed by atoms with Crippen LogP contribution < -0.4 is 10.0 Å². The van der Waals surface area contributed by atoms with Crippen LogP contribution in [0.2, 0.25) is 0 Å². The van der Waals surface area contributed by atoms with Crippen molar-refractivity contribution in [1.29, 1.82) is 0 Å². The molecule has 0 saturated carbocycles. The van der Waals surface area contributed by atoms with Crippen LogP contribution in [0.5, 0.6) is 0 Å². The smallest absolute Gasteiger partial charge is 0.273 e. The lowest BCUT2D eigenvalue weighted by Gasteiger charge is -2.19. The first-order valence-electron chi connectivity index (χ1n) is 5.33. The second kappa shape index (κ2) is 4.62. The lowest BCUT2D eigenvalue weighted by molar-refractivity contribution is 0.596. The molecule has 2 aromatic rings. The van der Waals surface area contributed by atoms with E-state index in [0.717, 1.165) is 4.88 Å². The van der Waals surface area contributed by atoms with Crippen LogP contribution in [0.15, 0.2) is 40.6 Å². The Bertz CT molecular complexity index is 662. The molecule has 0 fully saturated rings. The highest BCUT2D eigenvalue weighted by molar-refractivity contribution is 7.94. The summed E-state index contributed by atoms with van der Waals surface area (Å²) in [6, 6.07) is 10.3. The van der Waals surface area contributed by atoms with Crippen LogP contribution in [-0.2, 0) is 10.0 Å². The van der Waals surface area contributed by atoms with Gasteiger partial charge in [0.2, 0.25) is 0 Å². The Morgan fingerprint density at radius 3 is 2.39 bits per heavy atom. The first kappa shape index (κ1) is 12.9. The molecule has 0 saturated heterocycles. The fourth-order valence-corrected chi connectivity index (χ4v) is 4.27. The Morgan fingerprint density at radius 1 is 1.17 bits per heavy atom. The van der Waals surface area contributed by atoms with Gasteiger partial charge in [-0.05, 0) is 31.2 Å². The van der Waals surface area contributed by atoms with Gasteiger partial charge >= 0.3 is 0 Å². The molecule has 0 unspecified atom stereocenters. The summed E-state index contributed by atoms with van der Waals surface area (Å²) in [5.41, 5.74) is 6.73. The summed E-state index contributed by atoms with van der Waals surface area (Å²) in [7, 11) is -2.01. The number of thiophene rings is 1. The number of nitrogen functional groups attached to an aromatic ring is 1. The van der Waals surface area contributed by atoms with Crippen molar-refractivity contribution in [2.45, 2.75) is 11.1 Å². The van der Waals surface area contributed by atoms with Gasteiger partial charge in [-0.3, -0.25) is 4.31 Å². The first-order chi connectivity index (χ1) is 8.43. The predicted molar refractivity (Wildman–Crippen MR) is 75.5 cm³/mol. The number of hydrogen-bond donors (Lipinski definition) is 1. The fourth-order valence-electron chi connectivity index (χ4n) is 1.59. The van der Waals surface area contributed by atoms with Crippen molar-refractivity contribution in [3.63, 3.8) is 0 Å². The molecule has 1 heterocycles. The van der Waals surface area contributed by atoms with Gasteiger partial charge in [0.25, 0.3) is 10.0 Å². The van der Waals surface area contributed by atoms with Gasteiger partial charge in [0, 0.05) is 11.9 Å². The van der Waals surface area contributed by atoms with Crippen molar-refractivity contribution in [2.75, 3.05) is 17.1 Å². The summed E-state index contributed by atoms with van der Waals surface area (Å²) >= 11 is 1.25. The molecule has 0 spiro atoms. The third-order valence-corrected chi connectivity index (χ3v) is 5.85. The molecule has 0 bridgehead atoms. The van der Waals surface area contributed by atoms with Crippen molar-refractivity contribution in [1.82, 2.24) is 0 Å². The number of nitrogens with two attached hydrogens (primary N) is 1. The van der Waals surface area contributed by atoms with E-state index in [-0.39, 0.29) is 0 Å². The number of para-hydroxylation sites is 2. The Balaban J connectivity index is 2.46. The molecule has 0 aliphatic rings. The van der Waals surface area contributed by atoms with E-state index in [0.29, 0.717) is 15.6 Å². The molecule has 1 aromatic heterocycles. The van der Waals surface area contributed by atoms with Gasteiger partial charge in [-0.1, -0.05) is 12.1 Å². The Morgan fingerprint density at radius 2 is 1.83 bits per heavy atom. The number of anilines is 2. The molecular weight excluding hydrogens is 268 g/mol. The van der Waals surface area contributed by atoms with Crippen LogP contribution in [0.4, 0.5) is 11.4 Å². The van der Waals surface area contributed by atoms with E-state index in [1.165, 1.54) is 22.7 Å². The van der Waals surface area contributed by atoms with Crippen LogP contribution >= 0.6 is 11.3 Å². The van der Waals surface area contributed by atoms with E-state index in [2.05, 4.69) is 0 Å². The third kappa shape index (κ3) is 2.21. The molecule has 1 aromatic carbocycles. The number of rotatable bonds is 3. The highest BCUT2D eigenvalue weighted by Gasteiger charge is 2.23. The summed E-state index contributed by atoms with van der Waals surface area (Å²) in [6.45, 7) is 1.88. The summed E-state index contributed by atoms with van der Waals surface area (Å²) in [6.07, 6.45) is 0. The second-order valence-corrected chi connectivity index (χ2v) is 7.38. The number of hydrogen-bond acceptors (Lipinski definition) is 4. The average molecular weight is 282 g/mol. The van der Waals surface area contributed by atoms with E-state index < -0.39 is 10.0 Å². The fraction of sp³-hybridized carbons (Fsp3) is 0.167. The third-order valence-electron chi connectivity index (χ3n) is 2.61. The van der Waals surface area contributed by atoms with Gasteiger partial charge < -0.3 is 5.73 Å². The zero-order valence-corrected chi connectivity index (χ0v) is 11.8. The van der Waals surface area contributed by atoms with Crippen LogP contribution in [0.25, 0.3) is 0 Å². The summed E-state index contributed by atoms with van der Waals surface area (Å²) in [5.74, 6) is 0. The molecule has 6 heteroatoms. The predicted octanol–water partition coefficient (Wildman–Crippen LogP) is 2.46. The van der Waals surface area contributed by atoms with Gasteiger partial charge in [0.1, 0.15) is 4.21 Å². The van der Waals surface area contributed by atoms with E-state index in [1.54, 1.807) is 36.4 Å². The minimum Gasteiger partial charge on any atom is -0.397 e. The van der Waals surface area contributed by atoms with E-state index in [4.69, 9.17) is 5.73 Å². The number of sulfonamides is 1. The molecule has 0 aliphatic carbocycles. The average Bonchev–Trinajstić information content (AvgIpc) is 2.76. The van der Waals surface area contributed by atoms with Gasteiger partial charge in [0.05, 0.1) is 11.4 Å². The SMILES string of the molecule is Cc1ccc(S(=O)(=O)N(C)c2ccccc2N)s1. The first-order valence-corrected chi connectivity index (χ1v) is 7.58. The Hall–Kier alpha value is -1.53. The highest BCUT2D eigenvalue weighted by Crippen LogP contribution is 2.30. The zero-order chi connectivity index (χ0) is 13.3. The van der Waals surface area contributed by atoms with E-state index >= 15 is 0 Å². The van der Waals surface area contributed by atoms with Gasteiger partial charge in [-0.15, -0.1) is 11.3 Å². The monoisotopic (exact) mass is 282 g/mol. The molecule has 4 nitrogen and oxygen atoms in total. The summed E-state index contributed by atoms with van der Waals surface area (Å²) in [5, 5.41) is 0. The quantitative estimate of drug-likeness (QED) is 0.880. The van der Waals surface area contributed by atoms with Crippen molar-refractivity contribution >= 4 is 32.7 Å². The normalized spacial score (nSPS) is 11.4.